The monoisotopic (exact) mass is 592 g/mol. The fourth-order valence-corrected chi connectivity index (χ4v) is 5.79. The van der Waals surface area contributed by atoms with Gasteiger partial charge in [0.2, 0.25) is 11.8 Å². The molecular weight excluding hydrogens is 560 g/mol. The third kappa shape index (κ3) is 6.25. The molecule has 184 valence electrons. The first-order chi connectivity index (χ1) is 16.3. The lowest BCUT2D eigenvalue weighted by molar-refractivity contribution is -0.122. The lowest BCUT2D eigenvalue weighted by Gasteiger charge is -2.32. The molecule has 2 aliphatic carbocycles. The number of carbonyl (C=O) groups excluding carboxylic acids is 2. The smallest absolute Gasteiger partial charge is 0.220 e. The fraction of sp³-hybridized carbons (Fsp3) is 0.538. The number of carbonyl (C=O) groups is 2. The number of nitrogens with zero attached hydrogens (tertiary/aromatic N) is 2. The van der Waals surface area contributed by atoms with Crippen LogP contribution in [0.4, 0.5) is 0 Å². The van der Waals surface area contributed by atoms with Crippen LogP contribution in [0.2, 0.25) is 0 Å². The van der Waals surface area contributed by atoms with Crippen molar-refractivity contribution in [1.29, 1.82) is 0 Å². The Morgan fingerprint density at radius 3 is 1.53 bits per heavy atom. The van der Waals surface area contributed by atoms with Gasteiger partial charge in [0.25, 0.3) is 0 Å². The average Bonchev–Trinajstić information content (AvgIpc) is 2.83. The first kappa shape index (κ1) is 26.8. The molecule has 0 aliphatic heterocycles. The molecule has 6 nitrogen and oxygen atoms in total. The third-order valence-electron chi connectivity index (χ3n) is 6.86. The van der Waals surface area contributed by atoms with Crippen molar-refractivity contribution in [2.45, 2.75) is 78.3 Å². The van der Waals surface area contributed by atoms with Crippen molar-refractivity contribution >= 4 is 43.7 Å². The van der Waals surface area contributed by atoms with E-state index in [4.69, 9.17) is 0 Å². The summed E-state index contributed by atoms with van der Waals surface area (Å²) in [6, 6.07) is 0.215. The molecule has 0 fully saturated rings. The van der Waals surface area contributed by atoms with Crippen molar-refractivity contribution < 1.29 is 9.59 Å². The second-order valence-electron chi connectivity index (χ2n) is 9.21. The molecule has 0 bridgehead atoms. The summed E-state index contributed by atoms with van der Waals surface area (Å²) in [4.78, 5) is 31.6. The van der Waals surface area contributed by atoms with Gasteiger partial charge in [-0.15, -0.1) is 0 Å². The van der Waals surface area contributed by atoms with Crippen LogP contribution in [0, 0.1) is 11.8 Å². The lowest BCUT2D eigenvalue weighted by atomic mass is 9.81. The first-order valence-electron chi connectivity index (χ1n) is 12.1. The molecule has 0 saturated carbocycles. The number of fused-ring (bicyclic) bond motifs is 2. The Morgan fingerprint density at radius 1 is 0.794 bits per heavy atom. The van der Waals surface area contributed by atoms with Crippen molar-refractivity contribution in [2.75, 3.05) is 0 Å². The maximum atomic E-state index is 11.6. The van der Waals surface area contributed by atoms with Gasteiger partial charge in [0.05, 0.1) is 12.1 Å². The molecule has 4 rings (SSSR count). The van der Waals surface area contributed by atoms with E-state index in [-0.39, 0.29) is 23.9 Å². The van der Waals surface area contributed by atoms with Crippen LogP contribution in [-0.4, -0.2) is 21.8 Å². The van der Waals surface area contributed by atoms with E-state index in [1.165, 1.54) is 22.3 Å². The number of rotatable bonds is 4. The molecule has 0 unspecified atom stereocenters. The van der Waals surface area contributed by atoms with Gasteiger partial charge in [-0.05, 0) is 91.6 Å². The van der Waals surface area contributed by atoms with E-state index in [1.54, 1.807) is 0 Å². The van der Waals surface area contributed by atoms with Crippen LogP contribution in [0.3, 0.4) is 0 Å². The Balaban J connectivity index is 0.000000191. The number of amides is 2. The largest absolute Gasteiger partial charge is 0.349 e. The van der Waals surface area contributed by atoms with Crippen LogP contribution in [0.15, 0.2) is 33.7 Å². The highest BCUT2D eigenvalue weighted by molar-refractivity contribution is 9.10. The predicted molar refractivity (Wildman–Crippen MR) is 141 cm³/mol. The van der Waals surface area contributed by atoms with Crippen molar-refractivity contribution in [1.82, 2.24) is 20.6 Å². The van der Waals surface area contributed by atoms with E-state index in [1.807, 2.05) is 38.6 Å². The Labute approximate surface area is 219 Å². The van der Waals surface area contributed by atoms with Gasteiger partial charge in [0, 0.05) is 46.6 Å². The molecule has 2 heterocycles. The Bertz CT molecular complexity index is 948. The van der Waals surface area contributed by atoms with Gasteiger partial charge in [0.15, 0.2) is 0 Å². The highest BCUT2D eigenvalue weighted by atomic mass is 79.9. The van der Waals surface area contributed by atoms with Gasteiger partial charge in [-0.25, -0.2) is 0 Å². The highest BCUT2D eigenvalue weighted by Gasteiger charge is 2.30. The summed E-state index contributed by atoms with van der Waals surface area (Å²) < 4.78 is 2.11. The van der Waals surface area contributed by atoms with Crippen LogP contribution >= 0.6 is 31.9 Å². The second kappa shape index (κ2) is 12.2. The van der Waals surface area contributed by atoms with Gasteiger partial charge < -0.3 is 10.6 Å². The zero-order valence-electron chi connectivity index (χ0n) is 20.3. The van der Waals surface area contributed by atoms with Crippen molar-refractivity contribution in [3.63, 3.8) is 0 Å². The van der Waals surface area contributed by atoms with Gasteiger partial charge in [-0.2, -0.15) is 0 Å². The molecular formula is C26H34Br2N4O2. The van der Waals surface area contributed by atoms with Gasteiger partial charge in [-0.3, -0.25) is 19.6 Å². The van der Waals surface area contributed by atoms with Crippen LogP contribution in [-0.2, 0) is 22.4 Å². The van der Waals surface area contributed by atoms with Crippen molar-refractivity contribution in [3.8, 4) is 0 Å². The Morgan fingerprint density at radius 2 is 1.18 bits per heavy atom. The van der Waals surface area contributed by atoms with Crippen LogP contribution in [0.5, 0.6) is 0 Å². The van der Waals surface area contributed by atoms with Crippen LogP contribution < -0.4 is 10.6 Å². The van der Waals surface area contributed by atoms with E-state index in [0.717, 1.165) is 34.6 Å². The lowest BCUT2D eigenvalue weighted by Crippen LogP contribution is -2.35. The minimum absolute atomic E-state index is 0.106. The molecule has 0 spiro atoms. The van der Waals surface area contributed by atoms with Crippen molar-refractivity contribution in [2.24, 2.45) is 11.8 Å². The van der Waals surface area contributed by atoms with E-state index < -0.39 is 0 Å². The van der Waals surface area contributed by atoms with E-state index in [0.29, 0.717) is 24.7 Å². The molecule has 8 heteroatoms. The number of hydrogen-bond acceptors (Lipinski definition) is 4. The maximum Gasteiger partial charge on any atom is 0.220 e. The number of pyridine rings is 2. The number of halogens is 2. The second-order valence-corrected chi connectivity index (χ2v) is 10.9. The zero-order chi connectivity index (χ0) is 24.8. The number of nitrogens with one attached hydrogen (secondary N) is 2. The summed E-state index contributed by atoms with van der Waals surface area (Å²) in [6.07, 6.45) is 12.8. The summed E-state index contributed by atoms with van der Waals surface area (Å²) in [6.45, 7) is 8.13. The summed E-state index contributed by atoms with van der Waals surface area (Å²) in [5.74, 6) is 1.15. The third-order valence-corrected chi connectivity index (χ3v) is 8.23. The number of hydrogen-bond donors (Lipinski definition) is 2. The number of aromatic nitrogens is 2. The van der Waals surface area contributed by atoms with Crippen LogP contribution in [0.25, 0.3) is 0 Å². The Kier molecular flexibility index (Phi) is 9.65. The molecule has 2 N–H and O–H groups in total. The predicted octanol–water partition coefficient (Wildman–Crippen LogP) is 5.99. The first-order valence-corrected chi connectivity index (χ1v) is 13.7. The SMILES string of the molecule is CCC(=O)N[C@@H]1c2cncc(Br)c2CC[C@H]1C.CCC(=O)N[C@H]1c2cncc(Br)c2CC[C@@H]1C. The van der Waals surface area contributed by atoms with E-state index in [2.05, 4.69) is 66.3 Å². The van der Waals surface area contributed by atoms with Gasteiger partial charge in [0.1, 0.15) is 0 Å². The topological polar surface area (TPSA) is 84.0 Å². The fourth-order valence-electron chi connectivity index (χ4n) is 4.70. The molecule has 2 aromatic rings. The summed E-state index contributed by atoms with van der Waals surface area (Å²) >= 11 is 7.08. The zero-order valence-corrected chi connectivity index (χ0v) is 23.5. The molecule has 2 amide bonds. The molecule has 4 atom stereocenters. The normalized spacial score (nSPS) is 23.0. The minimum Gasteiger partial charge on any atom is -0.349 e. The molecule has 0 saturated heterocycles. The Hall–Kier alpha value is -1.80. The molecule has 2 aliphatic rings. The minimum atomic E-state index is 0.106. The summed E-state index contributed by atoms with van der Waals surface area (Å²) in [5.41, 5.74) is 4.92. The quantitative estimate of drug-likeness (QED) is 0.456. The van der Waals surface area contributed by atoms with E-state index >= 15 is 0 Å². The standard InChI is InChI=1S/2C13H17BrN2O/c2*1-3-12(17)16-13-8(2)4-5-9-10(13)6-15-7-11(9)14/h2*6-8,13H,3-5H2,1-2H3,(H,16,17)/t2*8-,13+/m10/s1. The maximum absolute atomic E-state index is 11.6. The van der Waals surface area contributed by atoms with Gasteiger partial charge in [-0.1, -0.05) is 27.7 Å². The highest BCUT2D eigenvalue weighted by Crippen LogP contribution is 2.38. The average molecular weight is 594 g/mol. The summed E-state index contributed by atoms with van der Waals surface area (Å²) in [7, 11) is 0. The van der Waals surface area contributed by atoms with Crippen molar-refractivity contribution in [3.05, 3.63) is 56.0 Å². The molecule has 2 aromatic heterocycles. The van der Waals surface area contributed by atoms with Gasteiger partial charge >= 0.3 is 0 Å². The molecule has 0 aromatic carbocycles. The molecule has 0 radical (unpaired) electrons. The van der Waals surface area contributed by atoms with E-state index in [9.17, 15) is 9.59 Å². The summed E-state index contributed by atoms with van der Waals surface area (Å²) in [5, 5.41) is 6.20. The van der Waals surface area contributed by atoms with Crippen LogP contribution in [0.1, 0.15) is 87.7 Å². The molecule has 34 heavy (non-hydrogen) atoms.